The van der Waals surface area contributed by atoms with Crippen molar-refractivity contribution >= 4 is 43.2 Å². The fourth-order valence-electron chi connectivity index (χ4n) is 3.39. The van der Waals surface area contributed by atoms with Crippen molar-refractivity contribution in [3.05, 3.63) is 74.7 Å². The minimum absolute atomic E-state index is 0.0886. The van der Waals surface area contributed by atoms with Crippen LogP contribution in [-0.2, 0) is 14.8 Å². The summed E-state index contributed by atoms with van der Waals surface area (Å²) < 4.78 is 35.0. The van der Waals surface area contributed by atoms with E-state index in [1.807, 2.05) is 0 Å². The smallest absolute Gasteiger partial charge is 0.268 e. The van der Waals surface area contributed by atoms with Crippen LogP contribution in [0.2, 0.25) is 0 Å². The largest absolute Gasteiger partial charge is 0.378 e. The second-order valence-electron chi connectivity index (χ2n) is 6.59. The van der Waals surface area contributed by atoms with Gasteiger partial charge in [0.15, 0.2) is 4.91 Å². The summed E-state index contributed by atoms with van der Waals surface area (Å²) in [6.07, 6.45) is 0. The Morgan fingerprint density at radius 2 is 1.48 bits per heavy atom. The molecule has 0 radical (unpaired) electrons. The number of Topliss-reactive ketones (excluding diaryl/α,β-unsaturated/α-hetero) is 2. The lowest BCUT2D eigenvalue weighted by atomic mass is 9.91. The molecule has 2 aromatic carbocycles. The highest BCUT2D eigenvalue weighted by Crippen LogP contribution is 2.32. The summed E-state index contributed by atoms with van der Waals surface area (Å²) in [6.45, 7) is 1.35. The predicted molar refractivity (Wildman–Crippen MR) is 111 cm³/mol. The number of benzene rings is 2. The van der Waals surface area contributed by atoms with Gasteiger partial charge in [0.25, 0.3) is 10.0 Å². The predicted octanol–water partition coefficient (Wildman–Crippen LogP) is 2.81. The number of rotatable bonds is 4. The number of sulfonamides is 1. The van der Waals surface area contributed by atoms with Gasteiger partial charge >= 0.3 is 0 Å². The summed E-state index contributed by atoms with van der Waals surface area (Å²) in [4.78, 5) is 27.5. The number of morpholine rings is 1. The van der Waals surface area contributed by atoms with Gasteiger partial charge in [-0.2, -0.15) is 0 Å². The van der Waals surface area contributed by atoms with Crippen molar-refractivity contribution in [1.82, 2.24) is 4.90 Å². The number of nitrogens with one attached hydrogen (secondary N) is 1. The minimum atomic E-state index is -4.31. The van der Waals surface area contributed by atoms with Crippen molar-refractivity contribution in [3.8, 4) is 0 Å². The molecular formula is C20H17BrN2O5S. The third-order valence-corrected chi connectivity index (χ3v) is 6.69. The van der Waals surface area contributed by atoms with Crippen molar-refractivity contribution in [2.24, 2.45) is 0 Å². The molecular weight excluding hydrogens is 460 g/mol. The van der Waals surface area contributed by atoms with Gasteiger partial charge in [-0.25, -0.2) is 8.42 Å². The lowest BCUT2D eigenvalue weighted by Crippen LogP contribution is -2.43. The molecule has 0 spiro atoms. The SMILES string of the molecule is O=C1C(N2CCOCC2)=C(S(=O)(=O)Nc2ccc(Br)cc2)C(=O)c2ccccc21. The van der Waals surface area contributed by atoms with Gasteiger partial charge < -0.3 is 9.64 Å². The van der Waals surface area contributed by atoms with Gasteiger partial charge in [0.05, 0.1) is 13.2 Å². The van der Waals surface area contributed by atoms with Crippen LogP contribution in [0.5, 0.6) is 0 Å². The lowest BCUT2D eigenvalue weighted by molar-refractivity contribution is 0.0499. The number of hydrogen-bond acceptors (Lipinski definition) is 6. The van der Waals surface area contributed by atoms with Crippen LogP contribution in [0.4, 0.5) is 5.69 Å². The monoisotopic (exact) mass is 476 g/mol. The number of ketones is 2. The Labute approximate surface area is 176 Å². The van der Waals surface area contributed by atoms with Crippen molar-refractivity contribution in [2.45, 2.75) is 0 Å². The molecule has 7 nitrogen and oxygen atoms in total. The third-order valence-electron chi connectivity index (χ3n) is 4.75. The number of carbonyl (C=O) groups is 2. The summed E-state index contributed by atoms with van der Waals surface area (Å²) >= 11 is 3.29. The molecule has 150 valence electrons. The summed E-state index contributed by atoms with van der Waals surface area (Å²) in [7, 11) is -4.31. The third kappa shape index (κ3) is 3.73. The van der Waals surface area contributed by atoms with Gasteiger partial charge in [-0.3, -0.25) is 14.3 Å². The maximum atomic E-state index is 13.2. The van der Waals surface area contributed by atoms with Gasteiger partial charge in [0.2, 0.25) is 11.6 Å². The van der Waals surface area contributed by atoms with E-state index in [0.29, 0.717) is 32.0 Å². The molecule has 1 N–H and O–H groups in total. The van der Waals surface area contributed by atoms with E-state index in [9.17, 15) is 18.0 Å². The van der Waals surface area contributed by atoms with E-state index in [1.165, 1.54) is 6.07 Å². The zero-order chi connectivity index (χ0) is 20.6. The summed E-state index contributed by atoms with van der Waals surface area (Å²) in [6, 6.07) is 12.8. The molecule has 0 bridgehead atoms. The van der Waals surface area contributed by atoms with Gasteiger partial charge in [-0.15, -0.1) is 0 Å². The average molecular weight is 477 g/mol. The first-order valence-corrected chi connectivity index (χ1v) is 11.2. The number of ether oxygens (including phenoxy) is 1. The fraction of sp³-hybridized carbons (Fsp3) is 0.200. The van der Waals surface area contributed by atoms with Crippen LogP contribution in [-0.4, -0.2) is 51.2 Å². The molecule has 9 heteroatoms. The maximum Gasteiger partial charge on any atom is 0.268 e. The fourth-order valence-corrected chi connectivity index (χ4v) is 5.03. The highest BCUT2D eigenvalue weighted by Gasteiger charge is 2.41. The van der Waals surface area contributed by atoms with E-state index >= 15 is 0 Å². The van der Waals surface area contributed by atoms with Crippen LogP contribution in [0.1, 0.15) is 20.7 Å². The zero-order valence-electron chi connectivity index (χ0n) is 15.2. The number of halogens is 1. The average Bonchev–Trinajstić information content (AvgIpc) is 2.72. The molecule has 1 heterocycles. The van der Waals surface area contributed by atoms with Gasteiger partial charge in [-0.1, -0.05) is 40.2 Å². The number of fused-ring (bicyclic) bond motifs is 1. The molecule has 1 fully saturated rings. The van der Waals surface area contributed by atoms with Crippen molar-refractivity contribution < 1.29 is 22.7 Å². The quantitative estimate of drug-likeness (QED) is 0.728. The Kier molecular flexibility index (Phi) is 5.28. The Balaban J connectivity index is 1.85. The maximum absolute atomic E-state index is 13.2. The molecule has 4 rings (SSSR count). The number of anilines is 1. The standard InChI is InChI=1S/C20H17BrN2O5S/c21-13-5-7-14(8-6-13)22-29(26,27)20-17(23-9-11-28-12-10-23)18(24)15-3-1-2-4-16(15)19(20)25/h1-8,22H,9-12H2. The Bertz CT molecular complexity index is 1120. The minimum Gasteiger partial charge on any atom is -0.378 e. The number of carbonyl (C=O) groups excluding carboxylic acids is 2. The molecule has 0 amide bonds. The normalized spacial score (nSPS) is 17.3. The van der Waals surface area contributed by atoms with E-state index in [0.717, 1.165) is 4.47 Å². The van der Waals surface area contributed by atoms with E-state index in [4.69, 9.17) is 4.74 Å². The lowest BCUT2D eigenvalue weighted by Gasteiger charge is -2.33. The molecule has 2 aliphatic rings. The molecule has 1 aliphatic carbocycles. The molecule has 29 heavy (non-hydrogen) atoms. The highest BCUT2D eigenvalue weighted by molar-refractivity contribution is 9.10. The summed E-state index contributed by atoms with van der Waals surface area (Å²) in [5, 5.41) is 0. The van der Waals surface area contributed by atoms with Crippen LogP contribution in [0, 0.1) is 0 Å². The van der Waals surface area contributed by atoms with Crippen LogP contribution in [0.3, 0.4) is 0 Å². The molecule has 0 saturated carbocycles. The molecule has 1 saturated heterocycles. The first kappa shape index (κ1) is 19.8. The topological polar surface area (TPSA) is 92.8 Å². The van der Waals surface area contributed by atoms with E-state index in [-0.39, 0.29) is 16.8 Å². The van der Waals surface area contributed by atoms with E-state index in [1.54, 1.807) is 47.4 Å². The highest BCUT2D eigenvalue weighted by atomic mass is 79.9. The Hall–Kier alpha value is -2.49. The van der Waals surface area contributed by atoms with E-state index < -0.39 is 26.5 Å². The molecule has 2 aromatic rings. The first-order valence-electron chi connectivity index (χ1n) is 8.92. The van der Waals surface area contributed by atoms with Gasteiger partial charge in [0, 0.05) is 34.4 Å². The second-order valence-corrected chi connectivity index (χ2v) is 9.13. The molecule has 0 unspecified atom stereocenters. The molecule has 1 aliphatic heterocycles. The van der Waals surface area contributed by atoms with Crippen LogP contribution in [0.25, 0.3) is 0 Å². The summed E-state index contributed by atoms with van der Waals surface area (Å²) in [5.74, 6) is -1.16. The van der Waals surface area contributed by atoms with E-state index in [2.05, 4.69) is 20.7 Å². The van der Waals surface area contributed by atoms with Crippen molar-refractivity contribution in [2.75, 3.05) is 31.0 Å². The van der Waals surface area contributed by atoms with Crippen LogP contribution < -0.4 is 4.72 Å². The first-order chi connectivity index (χ1) is 13.9. The summed E-state index contributed by atoms with van der Waals surface area (Å²) in [5.41, 5.74) is 0.495. The molecule has 0 atom stereocenters. The van der Waals surface area contributed by atoms with Crippen LogP contribution in [0.15, 0.2) is 63.6 Å². The molecule has 0 aromatic heterocycles. The van der Waals surface area contributed by atoms with Gasteiger partial charge in [0.1, 0.15) is 5.70 Å². The van der Waals surface area contributed by atoms with Crippen LogP contribution >= 0.6 is 15.9 Å². The Morgan fingerprint density at radius 1 is 0.897 bits per heavy atom. The second kappa shape index (κ2) is 7.74. The van der Waals surface area contributed by atoms with Crippen molar-refractivity contribution in [1.29, 1.82) is 0 Å². The Morgan fingerprint density at radius 3 is 2.10 bits per heavy atom. The van der Waals surface area contributed by atoms with Crippen molar-refractivity contribution in [3.63, 3.8) is 0 Å². The number of hydrogen-bond donors (Lipinski definition) is 1. The number of allylic oxidation sites excluding steroid dienone is 2. The van der Waals surface area contributed by atoms with Gasteiger partial charge in [-0.05, 0) is 24.3 Å². The number of nitrogens with zero attached hydrogens (tertiary/aromatic N) is 1. The zero-order valence-corrected chi connectivity index (χ0v) is 17.6.